The van der Waals surface area contributed by atoms with Crippen molar-refractivity contribution >= 4 is 23.2 Å². The van der Waals surface area contributed by atoms with Crippen molar-refractivity contribution < 1.29 is 5.11 Å². The van der Waals surface area contributed by atoms with Crippen LogP contribution in [0.15, 0.2) is 24.4 Å². The van der Waals surface area contributed by atoms with Gasteiger partial charge in [0.25, 0.3) is 0 Å². The average Bonchev–Trinajstić information content (AvgIpc) is 2.71. The molecule has 0 saturated carbocycles. The molecule has 1 aromatic heterocycles. The number of nitrogens with zero attached hydrogens (tertiary/aromatic N) is 3. The number of hydrogen-bond acceptors (Lipinski definition) is 3. The van der Waals surface area contributed by atoms with Gasteiger partial charge in [0, 0.05) is 10.0 Å². The fraction of sp³-hybridized carbons (Fsp3) is 0.273. The van der Waals surface area contributed by atoms with Gasteiger partial charge in [0.2, 0.25) is 0 Å². The van der Waals surface area contributed by atoms with E-state index in [0.29, 0.717) is 22.3 Å². The van der Waals surface area contributed by atoms with Gasteiger partial charge in [-0.3, -0.25) is 0 Å². The Hall–Kier alpha value is -1.10. The van der Waals surface area contributed by atoms with Crippen LogP contribution in [-0.2, 0) is 6.54 Å². The van der Waals surface area contributed by atoms with Gasteiger partial charge in [-0.1, -0.05) is 34.5 Å². The predicted molar refractivity (Wildman–Crippen MR) is 66.2 cm³/mol. The Bertz CT molecular complexity index is 525. The molecule has 0 unspecified atom stereocenters. The van der Waals surface area contributed by atoms with Crippen molar-refractivity contribution in [3.8, 4) is 0 Å². The second kappa shape index (κ2) is 5.04. The lowest BCUT2D eigenvalue weighted by Gasteiger charge is -2.04. The lowest BCUT2D eigenvalue weighted by Crippen LogP contribution is -2.01. The largest absolute Gasteiger partial charge is 0.387 e. The summed E-state index contributed by atoms with van der Waals surface area (Å²) in [5.41, 5.74) is 1.44. The van der Waals surface area contributed by atoms with E-state index in [9.17, 15) is 5.11 Å². The van der Waals surface area contributed by atoms with Gasteiger partial charge in [0.15, 0.2) is 0 Å². The van der Waals surface area contributed by atoms with Crippen LogP contribution in [0, 0.1) is 0 Å². The van der Waals surface area contributed by atoms with E-state index >= 15 is 0 Å². The number of hydrogen-bond donors (Lipinski definition) is 1. The molecule has 0 aliphatic carbocycles. The smallest absolute Gasteiger partial charge is 0.111 e. The summed E-state index contributed by atoms with van der Waals surface area (Å²) in [5.74, 6) is 0. The molecule has 4 nitrogen and oxygen atoms in total. The molecule has 0 saturated heterocycles. The molecule has 0 spiro atoms. The Morgan fingerprint density at radius 2 is 2.18 bits per heavy atom. The number of aliphatic hydroxyl groups is 1. The van der Waals surface area contributed by atoms with Gasteiger partial charge in [-0.05, 0) is 24.6 Å². The third-order valence-corrected chi connectivity index (χ3v) is 2.92. The normalized spacial score (nSPS) is 12.7. The number of halogens is 2. The Kier molecular flexibility index (Phi) is 3.66. The third kappa shape index (κ3) is 2.97. The first-order chi connectivity index (χ1) is 8.06. The van der Waals surface area contributed by atoms with Crippen LogP contribution in [0.3, 0.4) is 0 Å². The Morgan fingerprint density at radius 1 is 1.41 bits per heavy atom. The zero-order valence-electron chi connectivity index (χ0n) is 9.14. The maximum atomic E-state index is 9.33. The van der Waals surface area contributed by atoms with Crippen LogP contribution in [0.25, 0.3) is 0 Å². The van der Waals surface area contributed by atoms with Crippen LogP contribution in [0.1, 0.15) is 24.3 Å². The Balaban J connectivity index is 2.19. The van der Waals surface area contributed by atoms with E-state index in [1.807, 2.05) is 6.07 Å². The highest BCUT2D eigenvalue weighted by Crippen LogP contribution is 2.21. The molecule has 0 amide bonds. The number of rotatable bonds is 3. The lowest BCUT2D eigenvalue weighted by atomic mass is 10.2. The van der Waals surface area contributed by atoms with Crippen LogP contribution < -0.4 is 0 Å². The van der Waals surface area contributed by atoms with Crippen LogP contribution >= 0.6 is 23.2 Å². The highest BCUT2D eigenvalue weighted by molar-refractivity contribution is 6.35. The van der Waals surface area contributed by atoms with Crippen molar-refractivity contribution in [2.45, 2.75) is 19.6 Å². The van der Waals surface area contributed by atoms with Crippen molar-refractivity contribution in [3.63, 3.8) is 0 Å². The Labute approximate surface area is 109 Å². The van der Waals surface area contributed by atoms with Gasteiger partial charge >= 0.3 is 0 Å². The standard InChI is InChI=1S/C11H11Cl2N3O/c1-7(17)11-6-16(15-14-11)5-8-2-3-9(12)4-10(8)13/h2-4,6-7,17H,5H2,1H3/t7-/m1/s1. The van der Waals surface area contributed by atoms with Gasteiger partial charge in [0.1, 0.15) is 5.69 Å². The fourth-order valence-corrected chi connectivity index (χ4v) is 1.87. The monoisotopic (exact) mass is 271 g/mol. The number of aromatic nitrogens is 3. The molecular formula is C11H11Cl2N3O. The number of benzene rings is 1. The molecule has 1 aromatic carbocycles. The molecule has 1 heterocycles. The maximum Gasteiger partial charge on any atom is 0.111 e. The summed E-state index contributed by atoms with van der Waals surface area (Å²) in [6, 6.07) is 5.30. The maximum absolute atomic E-state index is 9.33. The SMILES string of the molecule is C[C@@H](O)c1cn(Cc2ccc(Cl)cc2Cl)nn1. The van der Waals surface area contributed by atoms with E-state index in [2.05, 4.69) is 10.3 Å². The van der Waals surface area contributed by atoms with Crippen LogP contribution in [0.2, 0.25) is 10.0 Å². The zero-order chi connectivity index (χ0) is 12.4. The predicted octanol–water partition coefficient (Wildman–Crippen LogP) is 2.69. The van der Waals surface area contributed by atoms with E-state index < -0.39 is 6.10 Å². The quantitative estimate of drug-likeness (QED) is 0.934. The number of aliphatic hydroxyl groups excluding tert-OH is 1. The molecular weight excluding hydrogens is 261 g/mol. The molecule has 1 N–H and O–H groups in total. The molecule has 6 heteroatoms. The molecule has 2 aromatic rings. The molecule has 0 aliphatic heterocycles. The third-order valence-electron chi connectivity index (χ3n) is 2.33. The highest BCUT2D eigenvalue weighted by atomic mass is 35.5. The first-order valence-corrected chi connectivity index (χ1v) is 5.84. The topological polar surface area (TPSA) is 50.9 Å². The summed E-state index contributed by atoms with van der Waals surface area (Å²) in [6.07, 6.45) is 1.07. The van der Waals surface area contributed by atoms with Crippen molar-refractivity contribution in [1.29, 1.82) is 0 Å². The van der Waals surface area contributed by atoms with Crippen LogP contribution in [-0.4, -0.2) is 20.1 Å². The summed E-state index contributed by atoms with van der Waals surface area (Å²) >= 11 is 11.9. The minimum absolute atomic E-state index is 0.496. The minimum Gasteiger partial charge on any atom is -0.387 e. The van der Waals surface area contributed by atoms with E-state index in [1.165, 1.54) is 0 Å². The van der Waals surface area contributed by atoms with E-state index in [-0.39, 0.29) is 0 Å². The van der Waals surface area contributed by atoms with Crippen molar-refractivity contribution in [2.24, 2.45) is 0 Å². The van der Waals surface area contributed by atoms with E-state index in [0.717, 1.165) is 5.56 Å². The second-order valence-corrected chi connectivity index (χ2v) is 4.60. The second-order valence-electron chi connectivity index (χ2n) is 3.75. The molecule has 2 rings (SSSR count). The van der Waals surface area contributed by atoms with Gasteiger partial charge in [-0.2, -0.15) is 0 Å². The average molecular weight is 272 g/mol. The van der Waals surface area contributed by atoms with E-state index in [1.54, 1.807) is 29.9 Å². The Morgan fingerprint density at radius 3 is 2.76 bits per heavy atom. The van der Waals surface area contributed by atoms with Gasteiger partial charge in [0.05, 0.1) is 18.8 Å². The molecule has 17 heavy (non-hydrogen) atoms. The van der Waals surface area contributed by atoms with Crippen LogP contribution in [0.4, 0.5) is 0 Å². The van der Waals surface area contributed by atoms with Gasteiger partial charge in [-0.15, -0.1) is 5.10 Å². The summed E-state index contributed by atoms with van der Waals surface area (Å²) < 4.78 is 1.62. The molecule has 0 fully saturated rings. The first kappa shape index (κ1) is 12.4. The van der Waals surface area contributed by atoms with Crippen molar-refractivity contribution in [2.75, 3.05) is 0 Å². The summed E-state index contributed by atoms with van der Waals surface area (Å²) in [6.45, 7) is 2.14. The van der Waals surface area contributed by atoms with Gasteiger partial charge < -0.3 is 5.11 Å². The van der Waals surface area contributed by atoms with Crippen molar-refractivity contribution in [3.05, 3.63) is 45.7 Å². The fourth-order valence-electron chi connectivity index (χ4n) is 1.41. The summed E-state index contributed by atoms with van der Waals surface area (Å²) in [4.78, 5) is 0. The van der Waals surface area contributed by atoms with Gasteiger partial charge in [-0.25, -0.2) is 4.68 Å². The van der Waals surface area contributed by atoms with Crippen LogP contribution in [0.5, 0.6) is 0 Å². The minimum atomic E-state index is -0.621. The molecule has 90 valence electrons. The summed E-state index contributed by atoms with van der Waals surface area (Å²) in [5, 5.41) is 18.3. The zero-order valence-corrected chi connectivity index (χ0v) is 10.7. The molecule has 1 atom stereocenters. The lowest BCUT2D eigenvalue weighted by molar-refractivity contribution is 0.194. The molecule has 0 aliphatic rings. The molecule has 0 radical (unpaired) electrons. The highest BCUT2D eigenvalue weighted by Gasteiger charge is 2.08. The van der Waals surface area contributed by atoms with Crippen molar-refractivity contribution in [1.82, 2.24) is 15.0 Å². The summed E-state index contributed by atoms with van der Waals surface area (Å²) in [7, 11) is 0. The first-order valence-electron chi connectivity index (χ1n) is 5.08. The van der Waals surface area contributed by atoms with E-state index in [4.69, 9.17) is 23.2 Å². The molecule has 0 bridgehead atoms.